The van der Waals surface area contributed by atoms with E-state index in [-0.39, 0.29) is 12.7 Å². The lowest BCUT2D eigenvalue weighted by atomic mass is 10.2. The van der Waals surface area contributed by atoms with Crippen molar-refractivity contribution in [1.82, 2.24) is 9.80 Å². The van der Waals surface area contributed by atoms with Crippen molar-refractivity contribution in [3.05, 3.63) is 29.8 Å². The molecule has 0 aromatic heterocycles. The van der Waals surface area contributed by atoms with Gasteiger partial charge in [0.05, 0.1) is 6.10 Å². The highest BCUT2D eigenvalue weighted by molar-refractivity contribution is 5.68. The van der Waals surface area contributed by atoms with Crippen LogP contribution in [0.15, 0.2) is 24.3 Å². The summed E-state index contributed by atoms with van der Waals surface area (Å²) < 4.78 is 10.4. The summed E-state index contributed by atoms with van der Waals surface area (Å²) in [7, 11) is 3.27. The third kappa shape index (κ3) is 8.09. The molecule has 0 heterocycles. The first-order valence-corrected chi connectivity index (χ1v) is 8.84. The molecule has 0 saturated heterocycles. The van der Waals surface area contributed by atoms with Crippen molar-refractivity contribution in [3.8, 4) is 0 Å². The van der Waals surface area contributed by atoms with Gasteiger partial charge in [-0.15, -0.1) is 0 Å². The number of ether oxygens (including phenoxy) is 2. The highest BCUT2D eigenvalue weighted by Gasteiger charge is 2.15. The van der Waals surface area contributed by atoms with Crippen LogP contribution in [0, 0.1) is 0 Å². The predicted octanol–water partition coefficient (Wildman–Crippen LogP) is 3.55. The van der Waals surface area contributed by atoms with Crippen LogP contribution in [-0.4, -0.2) is 61.3 Å². The Morgan fingerprint density at radius 1 is 0.962 bits per heavy atom. The lowest BCUT2D eigenvalue weighted by Gasteiger charge is -2.22. The number of carbonyl (C=O) groups excluding carboxylic acids is 2. The van der Waals surface area contributed by atoms with E-state index in [1.54, 1.807) is 27.9 Å². The molecule has 1 rings (SSSR count). The topological polar surface area (TPSA) is 71.1 Å². The molecule has 0 aliphatic carbocycles. The smallest absolute Gasteiger partial charge is 0.409 e. The van der Waals surface area contributed by atoms with Crippen LogP contribution in [0.25, 0.3) is 0 Å². The molecule has 26 heavy (non-hydrogen) atoms. The highest BCUT2D eigenvalue weighted by atomic mass is 16.6. The third-order valence-electron chi connectivity index (χ3n) is 3.50. The van der Waals surface area contributed by atoms with Gasteiger partial charge in [0.15, 0.2) is 0 Å². The predicted molar refractivity (Wildman–Crippen MR) is 102 cm³/mol. The number of amides is 2. The van der Waals surface area contributed by atoms with Crippen LogP contribution < -0.4 is 5.32 Å². The van der Waals surface area contributed by atoms with Crippen molar-refractivity contribution in [2.45, 2.75) is 46.4 Å². The van der Waals surface area contributed by atoms with E-state index < -0.39 is 12.2 Å². The number of anilines is 1. The largest absolute Gasteiger partial charge is 0.447 e. The zero-order valence-electron chi connectivity index (χ0n) is 16.6. The third-order valence-corrected chi connectivity index (χ3v) is 3.50. The molecule has 0 aliphatic heterocycles. The molecule has 0 aliphatic rings. The molecule has 0 radical (unpaired) electrons. The molecule has 0 fully saturated rings. The Balaban J connectivity index is 2.37. The van der Waals surface area contributed by atoms with Gasteiger partial charge < -0.3 is 24.6 Å². The Kier molecular flexibility index (Phi) is 8.75. The van der Waals surface area contributed by atoms with Gasteiger partial charge in [-0.2, -0.15) is 0 Å². The Hall–Kier alpha value is -2.44. The monoisotopic (exact) mass is 365 g/mol. The fraction of sp³-hybridized carbons (Fsp3) is 0.579. The van der Waals surface area contributed by atoms with E-state index in [1.165, 1.54) is 9.80 Å². The van der Waals surface area contributed by atoms with Gasteiger partial charge in [-0.05, 0) is 45.4 Å². The molecule has 7 nitrogen and oxygen atoms in total. The molecule has 0 atom stereocenters. The number of nitrogens with zero attached hydrogens (tertiary/aromatic N) is 2. The first kappa shape index (κ1) is 21.6. The van der Waals surface area contributed by atoms with Gasteiger partial charge in [-0.25, -0.2) is 9.59 Å². The van der Waals surface area contributed by atoms with Crippen LogP contribution in [0.3, 0.4) is 0 Å². The van der Waals surface area contributed by atoms with Gasteiger partial charge >= 0.3 is 12.2 Å². The second-order valence-corrected chi connectivity index (χ2v) is 6.83. The summed E-state index contributed by atoms with van der Waals surface area (Å²) in [5.41, 5.74) is 1.95. The zero-order chi connectivity index (χ0) is 19.7. The number of benzene rings is 1. The van der Waals surface area contributed by atoms with Crippen LogP contribution in [0.5, 0.6) is 0 Å². The number of hydrogen-bond donors (Lipinski definition) is 1. The molecule has 0 unspecified atom stereocenters. The van der Waals surface area contributed by atoms with E-state index in [4.69, 9.17) is 9.47 Å². The minimum atomic E-state index is -0.431. The van der Waals surface area contributed by atoms with Crippen molar-refractivity contribution in [2.24, 2.45) is 0 Å². The van der Waals surface area contributed by atoms with Crippen LogP contribution in [0.1, 0.15) is 33.3 Å². The molecule has 1 aromatic carbocycles. The molecule has 1 N–H and O–H groups in total. The summed E-state index contributed by atoms with van der Waals surface area (Å²) in [5, 5.41) is 3.30. The molecule has 146 valence electrons. The van der Waals surface area contributed by atoms with Crippen LogP contribution in [0.2, 0.25) is 0 Å². The van der Waals surface area contributed by atoms with E-state index in [9.17, 15) is 9.59 Å². The second-order valence-electron chi connectivity index (χ2n) is 6.83. The van der Waals surface area contributed by atoms with Crippen molar-refractivity contribution in [1.29, 1.82) is 0 Å². The van der Waals surface area contributed by atoms with Crippen molar-refractivity contribution < 1.29 is 19.1 Å². The summed E-state index contributed by atoms with van der Waals surface area (Å²) in [4.78, 5) is 26.6. The summed E-state index contributed by atoms with van der Waals surface area (Å²) in [6, 6.07) is 8.13. The fourth-order valence-electron chi connectivity index (χ4n) is 2.06. The van der Waals surface area contributed by atoms with E-state index >= 15 is 0 Å². The van der Waals surface area contributed by atoms with Gasteiger partial charge in [0.2, 0.25) is 0 Å². The molecular formula is C19H31N3O4. The maximum absolute atomic E-state index is 12.0. The van der Waals surface area contributed by atoms with Crippen LogP contribution in [-0.2, 0) is 16.1 Å². The normalized spacial score (nSPS) is 10.6. The van der Waals surface area contributed by atoms with E-state index in [0.717, 1.165) is 11.3 Å². The number of rotatable bonds is 8. The van der Waals surface area contributed by atoms with Crippen LogP contribution in [0.4, 0.5) is 15.3 Å². The minimum Gasteiger partial charge on any atom is -0.447 e. The summed E-state index contributed by atoms with van der Waals surface area (Å²) in [6.45, 7) is 8.67. The summed E-state index contributed by atoms with van der Waals surface area (Å²) in [6.07, 6.45) is -1.01. The Morgan fingerprint density at radius 3 is 2.00 bits per heavy atom. The highest BCUT2D eigenvalue weighted by Crippen LogP contribution is 2.12. The number of nitrogens with one attached hydrogen (secondary N) is 1. The van der Waals surface area contributed by atoms with Gasteiger partial charge in [0, 0.05) is 38.9 Å². The van der Waals surface area contributed by atoms with Crippen molar-refractivity contribution >= 4 is 17.9 Å². The molecule has 7 heteroatoms. The maximum atomic E-state index is 12.0. The summed E-state index contributed by atoms with van der Waals surface area (Å²) in [5.74, 6) is 0. The van der Waals surface area contributed by atoms with Gasteiger partial charge in [-0.3, -0.25) is 0 Å². The van der Waals surface area contributed by atoms with Crippen LogP contribution >= 0.6 is 0 Å². The molecule has 2 amide bonds. The maximum Gasteiger partial charge on any atom is 0.409 e. The van der Waals surface area contributed by atoms with Gasteiger partial charge in [0.1, 0.15) is 6.61 Å². The second kappa shape index (κ2) is 10.5. The minimum absolute atomic E-state index is 0.172. The molecule has 0 spiro atoms. The first-order chi connectivity index (χ1) is 12.2. The number of likely N-dealkylation sites (N-methyl/N-ethyl adjacent to an activating group) is 2. The zero-order valence-corrected chi connectivity index (χ0v) is 16.6. The van der Waals surface area contributed by atoms with E-state index in [2.05, 4.69) is 19.2 Å². The lowest BCUT2D eigenvalue weighted by molar-refractivity contribution is 0.0768. The fourth-order valence-corrected chi connectivity index (χ4v) is 2.06. The Labute approximate surface area is 156 Å². The number of carbonyl (C=O) groups is 2. The van der Waals surface area contributed by atoms with E-state index in [1.807, 2.05) is 24.3 Å². The SMILES string of the molecule is CC(C)Nc1ccc(COC(=O)N(C)CCN(C)C(=O)OC(C)C)cc1. The lowest BCUT2D eigenvalue weighted by Crippen LogP contribution is -2.38. The summed E-state index contributed by atoms with van der Waals surface area (Å²) >= 11 is 0. The van der Waals surface area contributed by atoms with Gasteiger partial charge in [-0.1, -0.05) is 12.1 Å². The standard InChI is InChI=1S/C19H31N3O4/c1-14(2)20-17-9-7-16(8-10-17)13-25-18(23)21(5)11-12-22(6)19(24)26-15(3)4/h7-10,14-15,20H,11-13H2,1-6H3. The van der Waals surface area contributed by atoms with Crippen molar-refractivity contribution in [3.63, 3.8) is 0 Å². The molecule has 0 saturated carbocycles. The van der Waals surface area contributed by atoms with E-state index in [0.29, 0.717) is 19.1 Å². The first-order valence-electron chi connectivity index (χ1n) is 8.84. The molecule has 1 aromatic rings. The Morgan fingerprint density at radius 2 is 1.50 bits per heavy atom. The Bertz CT molecular complexity index is 573. The quantitative estimate of drug-likeness (QED) is 0.763. The number of hydrogen-bond acceptors (Lipinski definition) is 5. The van der Waals surface area contributed by atoms with Gasteiger partial charge in [0.25, 0.3) is 0 Å². The molecular weight excluding hydrogens is 334 g/mol. The average molecular weight is 365 g/mol. The molecule has 0 bridgehead atoms. The van der Waals surface area contributed by atoms with Crippen molar-refractivity contribution in [2.75, 3.05) is 32.5 Å². The average Bonchev–Trinajstić information content (AvgIpc) is 2.57.